The summed E-state index contributed by atoms with van der Waals surface area (Å²) in [4.78, 5) is 29.9. The predicted molar refractivity (Wildman–Crippen MR) is 82.4 cm³/mol. The molecule has 0 saturated heterocycles. The van der Waals surface area contributed by atoms with Crippen LogP contribution in [0.15, 0.2) is 35.6 Å². The second-order valence-corrected chi connectivity index (χ2v) is 5.32. The summed E-state index contributed by atoms with van der Waals surface area (Å²) in [6, 6.07) is 6.93. The molecule has 0 unspecified atom stereocenters. The SMILES string of the molecule is O=C(CO/N=C/c1cccc(Cl)c1)Nc1ncc([N+](=O)[O-])s1. The lowest BCUT2D eigenvalue weighted by molar-refractivity contribution is -0.380. The first-order valence-electron chi connectivity index (χ1n) is 5.85. The number of aromatic nitrogens is 1. The van der Waals surface area contributed by atoms with Gasteiger partial charge in [0.15, 0.2) is 11.7 Å². The van der Waals surface area contributed by atoms with Gasteiger partial charge in [-0.3, -0.25) is 20.2 Å². The zero-order valence-electron chi connectivity index (χ0n) is 10.9. The van der Waals surface area contributed by atoms with Crippen LogP contribution in [0.1, 0.15) is 5.56 Å². The summed E-state index contributed by atoms with van der Waals surface area (Å²) in [6.45, 7) is -0.343. The number of carbonyl (C=O) groups is 1. The lowest BCUT2D eigenvalue weighted by Crippen LogP contribution is -2.16. The van der Waals surface area contributed by atoms with Crippen molar-refractivity contribution in [1.29, 1.82) is 0 Å². The molecule has 1 amide bonds. The molecule has 2 rings (SSSR count). The Labute approximate surface area is 133 Å². The molecular weight excluding hydrogens is 332 g/mol. The predicted octanol–water partition coefficient (Wildman–Crippen LogP) is 2.69. The second kappa shape index (κ2) is 7.48. The van der Waals surface area contributed by atoms with Gasteiger partial charge in [-0.05, 0) is 29.0 Å². The molecule has 0 bridgehead atoms. The molecule has 1 N–H and O–H groups in total. The van der Waals surface area contributed by atoms with Crippen LogP contribution in [0.2, 0.25) is 5.02 Å². The smallest absolute Gasteiger partial charge is 0.345 e. The normalized spacial score (nSPS) is 10.6. The van der Waals surface area contributed by atoms with Gasteiger partial charge >= 0.3 is 5.00 Å². The zero-order chi connectivity index (χ0) is 15.9. The van der Waals surface area contributed by atoms with Crippen molar-refractivity contribution in [2.45, 2.75) is 0 Å². The Morgan fingerprint density at radius 1 is 1.59 bits per heavy atom. The number of hydrogen-bond acceptors (Lipinski definition) is 7. The minimum atomic E-state index is -0.584. The van der Waals surface area contributed by atoms with E-state index in [-0.39, 0.29) is 16.7 Å². The van der Waals surface area contributed by atoms with Gasteiger partial charge < -0.3 is 4.84 Å². The highest BCUT2D eigenvalue weighted by atomic mass is 35.5. The van der Waals surface area contributed by atoms with Crippen LogP contribution in [0.4, 0.5) is 10.1 Å². The molecule has 2 aromatic rings. The van der Waals surface area contributed by atoms with Crippen molar-refractivity contribution in [2.75, 3.05) is 11.9 Å². The molecule has 0 aliphatic rings. The third-order valence-corrected chi connectivity index (χ3v) is 3.34. The number of nitro groups is 1. The first kappa shape index (κ1) is 15.9. The van der Waals surface area contributed by atoms with Crippen LogP contribution in [0, 0.1) is 10.1 Å². The molecule has 1 heterocycles. The van der Waals surface area contributed by atoms with Crippen LogP contribution in [-0.4, -0.2) is 28.6 Å². The van der Waals surface area contributed by atoms with Crippen LogP contribution >= 0.6 is 22.9 Å². The third kappa shape index (κ3) is 4.79. The molecule has 0 aliphatic carbocycles. The summed E-state index contributed by atoms with van der Waals surface area (Å²) in [5, 5.41) is 17.0. The maximum absolute atomic E-state index is 11.5. The number of hydrogen-bond donors (Lipinski definition) is 1. The number of carbonyl (C=O) groups excluding carboxylic acids is 1. The van der Waals surface area contributed by atoms with E-state index < -0.39 is 10.8 Å². The molecule has 0 aliphatic heterocycles. The monoisotopic (exact) mass is 340 g/mol. The highest BCUT2D eigenvalue weighted by Gasteiger charge is 2.13. The molecule has 0 saturated carbocycles. The van der Waals surface area contributed by atoms with Crippen molar-refractivity contribution >= 4 is 45.2 Å². The topological polar surface area (TPSA) is 107 Å². The fourth-order valence-electron chi connectivity index (χ4n) is 1.34. The van der Waals surface area contributed by atoms with Crippen molar-refractivity contribution in [3.05, 3.63) is 51.2 Å². The summed E-state index contributed by atoms with van der Waals surface area (Å²) in [7, 11) is 0. The Balaban J connectivity index is 1.79. The Kier molecular flexibility index (Phi) is 5.39. The molecule has 114 valence electrons. The number of halogens is 1. The highest BCUT2D eigenvalue weighted by Crippen LogP contribution is 2.24. The molecule has 0 fully saturated rings. The maximum atomic E-state index is 11.5. The Morgan fingerprint density at radius 2 is 2.41 bits per heavy atom. The third-order valence-electron chi connectivity index (χ3n) is 2.24. The zero-order valence-corrected chi connectivity index (χ0v) is 12.5. The van der Waals surface area contributed by atoms with Crippen LogP contribution in [-0.2, 0) is 9.63 Å². The Morgan fingerprint density at radius 3 is 3.09 bits per heavy atom. The molecule has 0 atom stereocenters. The number of rotatable bonds is 6. The number of nitrogens with one attached hydrogen (secondary N) is 1. The van der Waals surface area contributed by atoms with Gasteiger partial charge in [-0.25, -0.2) is 4.98 Å². The summed E-state index contributed by atoms with van der Waals surface area (Å²) in [5.74, 6) is -0.521. The number of benzene rings is 1. The quantitative estimate of drug-likeness (QED) is 0.494. The van der Waals surface area contributed by atoms with Gasteiger partial charge in [0, 0.05) is 5.02 Å². The largest absolute Gasteiger partial charge is 0.386 e. The van der Waals surface area contributed by atoms with Crippen molar-refractivity contribution in [3.8, 4) is 0 Å². The fraction of sp³-hybridized carbons (Fsp3) is 0.0833. The number of anilines is 1. The number of amides is 1. The maximum Gasteiger partial charge on any atom is 0.345 e. The summed E-state index contributed by atoms with van der Waals surface area (Å²) >= 11 is 6.56. The molecule has 1 aromatic carbocycles. The molecule has 22 heavy (non-hydrogen) atoms. The van der Waals surface area contributed by atoms with Crippen LogP contribution in [0.3, 0.4) is 0 Å². The van der Waals surface area contributed by atoms with E-state index in [2.05, 4.69) is 15.5 Å². The van der Waals surface area contributed by atoms with E-state index in [0.29, 0.717) is 5.02 Å². The second-order valence-electron chi connectivity index (χ2n) is 3.87. The van der Waals surface area contributed by atoms with Gasteiger partial charge in [0.25, 0.3) is 5.91 Å². The molecule has 8 nitrogen and oxygen atoms in total. The van der Waals surface area contributed by atoms with E-state index in [1.165, 1.54) is 6.21 Å². The minimum Gasteiger partial charge on any atom is -0.386 e. The fourth-order valence-corrected chi connectivity index (χ4v) is 2.19. The van der Waals surface area contributed by atoms with Gasteiger partial charge in [0.05, 0.1) is 11.1 Å². The summed E-state index contributed by atoms with van der Waals surface area (Å²) in [5.41, 5.74) is 0.725. The van der Waals surface area contributed by atoms with Crippen LogP contribution in [0.25, 0.3) is 0 Å². The summed E-state index contributed by atoms with van der Waals surface area (Å²) < 4.78 is 0. The van der Waals surface area contributed by atoms with E-state index in [4.69, 9.17) is 16.4 Å². The van der Waals surface area contributed by atoms with Gasteiger partial charge in [-0.1, -0.05) is 28.9 Å². The van der Waals surface area contributed by atoms with Crippen molar-refractivity contribution in [2.24, 2.45) is 5.16 Å². The van der Waals surface area contributed by atoms with Crippen molar-refractivity contribution < 1.29 is 14.6 Å². The first-order chi connectivity index (χ1) is 10.5. The van der Waals surface area contributed by atoms with Gasteiger partial charge in [0.1, 0.15) is 6.20 Å². The molecule has 0 spiro atoms. The number of oxime groups is 1. The summed E-state index contributed by atoms with van der Waals surface area (Å²) in [6.07, 6.45) is 2.48. The van der Waals surface area contributed by atoms with E-state index >= 15 is 0 Å². The van der Waals surface area contributed by atoms with Crippen LogP contribution < -0.4 is 5.32 Å². The van der Waals surface area contributed by atoms with Crippen molar-refractivity contribution in [3.63, 3.8) is 0 Å². The van der Waals surface area contributed by atoms with Crippen molar-refractivity contribution in [1.82, 2.24) is 4.98 Å². The standard InChI is InChI=1S/C12H9ClN4O4S/c13-9-3-1-2-8(4-9)5-15-21-7-10(18)16-12-14-6-11(22-12)17(19)20/h1-6H,7H2,(H,14,16,18)/b15-5+. The molecule has 0 radical (unpaired) electrons. The highest BCUT2D eigenvalue weighted by molar-refractivity contribution is 7.18. The first-order valence-corrected chi connectivity index (χ1v) is 7.05. The molecule has 10 heteroatoms. The Bertz CT molecular complexity index is 719. The minimum absolute atomic E-state index is 0.124. The average Bonchev–Trinajstić information content (AvgIpc) is 2.92. The number of thiazole rings is 1. The van der Waals surface area contributed by atoms with Gasteiger partial charge in [-0.2, -0.15) is 0 Å². The molecular formula is C12H9ClN4O4S. The lowest BCUT2D eigenvalue weighted by Gasteiger charge is -1.99. The van der Waals surface area contributed by atoms with Crippen LogP contribution in [0.5, 0.6) is 0 Å². The van der Waals surface area contributed by atoms with E-state index in [9.17, 15) is 14.9 Å². The molecule has 1 aromatic heterocycles. The average molecular weight is 341 g/mol. The van der Waals surface area contributed by atoms with Gasteiger partial charge in [0.2, 0.25) is 0 Å². The van der Waals surface area contributed by atoms with E-state index in [1.54, 1.807) is 24.3 Å². The lowest BCUT2D eigenvalue weighted by atomic mass is 10.2. The van der Waals surface area contributed by atoms with E-state index in [0.717, 1.165) is 23.1 Å². The Hall–Kier alpha value is -2.52. The van der Waals surface area contributed by atoms with Gasteiger partial charge in [-0.15, -0.1) is 0 Å². The number of nitrogens with zero attached hydrogens (tertiary/aromatic N) is 3. The van der Waals surface area contributed by atoms with E-state index in [1.807, 2.05) is 0 Å².